The van der Waals surface area contributed by atoms with E-state index in [4.69, 9.17) is 5.11 Å². The highest BCUT2D eigenvalue weighted by Crippen LogP contribution is 2.34. The van der Waals surface area contributed by atoms with Crippen molar-refractivity contribution in [2.24, 2.45) is 11.8 Å². The third-order valence-corrected chi connectivity index (χ3v) is 6.22. The molecule has 0 saturated heterocycles. The van der Waals surface area contributed by atoms with Crippen LogP contribution in [0.15, 0.2) is 18.2 Å². The molecule has 0 aliphatic rings. The SMILES string of the molecule is CCCS(=O)(=O)N(CCC(C)C)c1cccc(C[C@@H](C)CNC(=O)O)c1O. The normalized spacial score (nSPS) is 12.8. The van der Waals surface area contributed by atoms with Gasteiger partial charge >= 0.3 is 6.09 Å². The fourth-order valence-electron chi connectivity index (χ4n) is 2.81. The van der Waals surface area contributed by atoms with E-state index < -0.39 is 16.1 Å². The van der Waals surface area contributed by atoms with Gasteiger partial charge in [0.1, 0.15) is 5.75 Å². The molecule has 0 saturated carbocycles. The highest BCUT2D eigenvalue weighted by molar-refractivity contribution is 7.92. The Balaban J connectivity index is 3.14. The van der Waals surface area contributed by atoms with Crippen LogP contribution in [-0.4, -0.2) is 43.6 Å². The summed E-state index contributed by atoms with van der Waals surface area (Å²) in [6, 6.07) is 5.08. The van der Waals surface area contributed by atoms with Crippen molar-refractivity contribution in [3.8, 4) is 5.75 Å². The van der Waals surface area contributed by atoms with Crippen molar-refractivity contribution in [3.05, 3.63) is 23.8 Å². The fourth-order valence-corrected chi connectivity index (χ4v) is 4.37. The molecule has 154 valence electrons. The summed E-state index contributed by atoms with van der Waals surface area (Å²) in [5, 5.41) is 21.8. The molecule has 0 bridgehead atoms. The summed E-state index contributed by atoms with van der Waals surface area (Å²) in [5.74, 6) is 0.256. The highest BCUT2D eigenvalue weighted by Gasteiger charge is 2.25. The molecule has 0 aromatic heterocycles. The number of carboxylic acid groups (broad SMARTS) is 1. The summed E-state index contributed by atoms with van der Waals surface area (Å²) in [6.45, 7) is 8.30. The topological polar surface area (TPSA) is 107 Å². The first-order chi connectivity index (χ1) is 12.6. The molecule has 0 fully saturated rings. The smallest absolute Gasteiger partial charge is 0.404 e. The van der Waals surface area contributed by atoms with E-state index in [1.165, 1.54) is 4.31 Å². The van der Waals surface area contributed by atoms with E-state index in [0.717, 1.165) is 0 Å². The first-order valence-corrected chi connectivity index (χ1v) is 11.0. The van der Waals surface area contributed by atoms with E-state index >= 15 is 0 Å². The van der Waals surface area contributed by atoms with Crippen LogP contribution < -0.4 is 9.62 Å². The first kappa shape index (κ1) is 23.1. The monoisotopic (exact) mass is 400 g/mol. The molecule has 0 aliphatic heterocycles. The number of anilines is 1. The average Bonchev–Trinajstić information content (AvgIpc) is 2.55. The Morgan fingerprint density at radius 1 is 1.26 bits per heavy atom. The number of benzene rings is 1. The molecule has 0 heterocycles. The standard InChI is InChI=1S/C19H32N2O5S/c1-5-11-27(25,26)21(10-9-14(2)3)17-8-6-7-16(18(17)22)12-15(4)13-20-19(23)24/h6-8,14-15,20,22H,5,9-13H2,1-4H3,(H,23,24)/t15-/m1/s1. The zero-order valence-electron chi connectivity index (χ0n) is 16.6. The van der Waals surface area contributed by atoms with Gasteiger partial charge in [-0.3, -0.25) is 4.31 Å². The Morgan fingerprint density at radius 2 is 1.93 bits per heavy atom. The zero-order chi connectivity index (χ0) is 20.6. The molecule has 3 N–H and O–H groups in total. The molecular formula is C19H32N2O5S. The lowest BCUT2D eigenvalue weighted by atomic mass is 9.99. The number of nitrogens with zero attached hydrogens (tertiary/aromatic N) is 1. The van der Waals surface area contributed by atoms with Gasteiger partial charge in [0.25, 0.3) is 0 Å². The number of hydrogen-bond donors (Lipinski definition) is 3. The summed E-state index contributed by atoms with van der Waals surface area (Å²) < 4.78 is 26.8. The largest absolute Gasteiger partial charge is 0.505 e. The van der Waals surface area contributed by atoms with Gasteiger partial charge in [-0.1, -0.05) is 39.8 Å². The predicted octanol–water partition coefficient (Wildman–Crippen LogP) is 3.43. The van der Waals surface area contributed by atoms with Gasteiger partial charge in [0, 0.05) is 13.1 Å². The Labute approximate surface area is 162 Å². The summed E-state index contributed by atoms with van der Waals surface area (Å²) in [5.41, 5.74) is 0.897. The molecule has 1 aromatic carbocycles. The molecule has 7 nitrogen and oxygen atoms in total. The number of nitrogens with one attached hydrogen (secondary N) is 1. The minimum atomic E-state index is -3.53. The minimum Gasteiger partial charge on any atom is -0.505 e. The molecule has 27 heavy (non-hydrogen) atoms. The zero-order valence-corrected chi connectivity index (χ0v) is 17.4. The van der Waals surface area contributed by atoms with Crippen LogP contribution in [0, 0.1) is 11.8 Å². The summed E-state index contributed by atoms with van der Waals surface area (Å²) in [6.07, 6.45) is 0.529. The van der Waals surface area contributed by atoms with Crippen molar-refractivity contribution in [2.45, 2.75) is 47.0 Å². The van der Waals surface area contributed by atoms with Crippen LogP contribution in [-0.2, 0) is 16.4 Å². The number of phenols is 1. The van der Waals surface area contributed by atoms with E-state index in [1.54, 1.807) is 18.2 Å². The Bertz CT molecular complexity index is 719. The number of hydrogen-bond acceptors (Lipinski definition) is 4. The van der Waals surface area contributed by atoms with Crippen molar-refractivity contribution >= 4 is 21.8 Å². The van der Waals surface area contributed by atoms with E-state index in [2.05, 4.69) is 5.32 Å². The van der Waals surface area contributed by atoms with Gasteiger partial charge in [-0.2, -0.15) is 0 Å². The number of aromatic hydroxyl groups is 1. The Morgan fingerprint density at radius 3 is 2.48 bits per heavy atom. The summed E-state index contributed by atoms with van der Waals surface area (Å²) in [4.78, 5) is 10.6. The lowest BCUT2D eigenvalue weighted by Crippen LogP contribution is -2.34. The molecule has 0 spiro atoms. The van der Waals surface area contributed by atoms with E-state index in [-0.39, 0.29) is 24.0 Å². The van der Waals surface area contributed by atoms with E-state index in [1.807, 2.05) is 27.7 Å². The van der Waals surface area contributed by atoms with Crippen LogP contribution in [0.3, 0.4) is 0 Å². The fraction of sp³-hybridized carbons (Fsp3) is 0.632. The van der Waals surface area contributed by atoms with Crippen LogP contribution in [0.2, 0.25) is 0 Å². The summed E-state index contributed by atoms with van der Waals surface area (Å²) in [7, 11) is -3.53. The van der Waals surface area contributed by atoms with Gasteiger partial charge in [-0.25, -0.2) is 13.2 Å². The molecule has 1 atom stereocenters. The van der Waals surface area contributed by atoms with Crippen molar-refractivity contribution in [2.75, 3.05) is 23.1 Å². The minimum absolute atomic E-state index is 0.0215. The lowest BCUT2D eigenvalue weighted by Gasteiger charge is -2.27. The van der Waals surface area contributed by atoms with Crippen LogP contribution in [0.5, 0.6) is 5.75 Å². The average molecular weight is 401 g/mol. The summed E-state index contributed by atoms with van der Waals surface area (Å²) >= 11 is 0. The second-order valence-electron chi connectivity index (χ2n) is 7.35. The van der Waals surface area contributed by atoms with Crippen molar-refractivity contribution in [1.29, 1.82) is 0 Å². The molecular weight excluding hydrogens is 368 g/mol. The second kappa shape index (κ2) is 10.4. The quantitative estimate of drug-likeness (QED) is 0.527. The number of sulfonamides is 1. The maximum absolute atomic E-state index is 12.7. The predicted molar refractivity (Wildman–Crippen MR) is 108 cm³/mol. The number of amides is 1. The number of carbonyl (C=O) groups is 1. The maximum Gasteiger partial charge on any atom is 0.404 e. The molecule has 0 radical (unpaired) electrons. The van der Waals surface area contributed by atoms with Gasteiger partial charge < -0.3 is 15.5 Å². The van der Waals surface area contributed by atoms with Gasteiger partial charge in [0.15, 0.2) is 0 Å². The van der Waals surface area contributed by atoms with Gasteiger partial charge in [-0.05, 0) is 42.7 Å². The Hall–Kier alpha value is -1.96. The second-order valence-corrected chi connectivity index (χ2v) is 9.36. The lowest BCUT2D eigenvalue weighted by molar-refractivity contribution is 0.192. The van der Waals surface area contributed by atoms with Gasteiger partial charge in [0.05, 0.1) is 11.4 Å². The van der Waals surface area contributed by atoms with Crippen LogP contribution in [0.4, 0.5) is 10.5 Å². The van der Waals surface area contributed by atoms with Crippen LogP contribution >= 0.6 is 0 Å². The maximum atomic E-state index is 12.7. The molecule has 0 aliphatic carbocycles. The van der Waals surface area contributed by atoms with E-state index in [9.17, 15) is 18.3 Å². The molecule has 1 aromatic rings. The van der Waals surface area contributed by atoms with E-state index in [0.29, 0.717) is 43.0 Å². The highest BCUT2D eigenvalue weighted by atomic mass is 32.2. The van der Waals surface area contributed by atoms with Crippen molar-refractivity contribution in [1.82, 2.24) is 5.32 Å². The molecule has 0 unspecified atom stereocenters. The molecule has 1 rings (SSSR count). The third-order valence-electron chi connectivity index (χ3n) is 4.24. The number of para-hydroxylation sites is 1. The van der Waals surface area contributed by atoms with Crippen LogP contribution in [0.25, 0.3) is 0 Å². The van der Waals surface area contributed by atoms with Crippen molar-refractivity contribution < 1.29 is 23.4 Å². The van der Waals surface area contributed by atoms with Crippen LogP contribution in [0.1, 0.15) is 46.1 Å². The third kappa shape index (κ3) is 7.28. The molecule has 1 amide bonds. The first-order valence-electron chi connectivity index (χ1n) is 9.36. The van der Waals surface area contributed by atoms with Gasteiger partial charge in [0.2, 0.25) is 10.0 Å². The molecule has 8 heteroatoms. The van der Waals surface area contributed by atoms with Crippen molar-refractivity contribution in [3.63, 3.8) is 0 Å². The van der Waals surface area contributed by atoms with Gasteiger partial charge in [-0.15, -0.1) is 0 Å². The number of phenolic OH excluding ortho intramolecular Hbond substituents is 1. The number of rotatable bonds is 11. The Kier molecular flexibility index (Phi) is 8.88.